The Morgan fingerprint density at radius 3 is 2.73 bits per heavy atom. The molecule has 1 aromatic heterocycles. The first-order valence-electron chi connectivity index (χ1n) is 6.00. The first kappa shape index (κ1) is 15.6. The van der Waals surface area contributed by atoms with Crippen molar-refractivity contribution in [2.24, 2.45) is 0 Å². The van der Waals surface area contributed by atoms with E-state index in [4.69, 9.17) is 10.5 Å². The smallest absolute Gasteiger partial charge is 0.416 e. The van der Waals surface area contributed by atoms with Crippen molar-refractivity contribution < 1.29 is 22.7 Å². The van der Waals surface area contributed by atoms with Gasteiger partial charge in [-0.05, 0) is 18.2 Å². The van der Waals surface area contributed by atoms with Crippen molar-refractivity contribution >= 4 is 17.4 Å². The van der Waals surface area contributed by atoms with Crippen LogP contribution < -0.4 is 15.8 Å². The zero-order valence-electron chi connectivity index (χ0n) is 11.4. The fourth-order valence-corrected chi connectivity index (χ4v) is 1.71. The van der Waals surface area contributed by atoms with E-state index in [0.717, 1.165) is 22.9 Å². The highest BCUT2D eigenvalue weighted by molar-refractivity contribution is 5.92. The van der Waals surface area contributed by atoms with Gasteiger partial charge in [0.1, 0.15) is 12.3 Å². The summed E-state index contributed by atoms with van der Waals surface area (Å²) in [6.45, 7) is -0.246. The molecule has 10 heteroatoms. The van der Waals surface area contributed by atoms with E-state index in [2.05, 4.69) is 15.6 Å². The van der Waals surface area contributed by atoms with E-state index in [1.54, 1.807) is 0 Å². The number of benzene rings is 1. The highest BCUT2D eigenvalue weighted by atomic mass is 19.4. The third-order valence-corrected chi connectivity index (χ3v) is 2.66. The second kappa shape index (κ2) is 5.92. The predicted octanol–water partition coefficient (Wildman–Crippen LogP) is 1.53. The van der Waals surface area contributed by atoms with Crippen LogP contribution in [0.15, 0.2) is 24.4 Å². The molecule has 0 atom stereocenters. The number of halogens is 3. The van der Waals surface area contributed by atoms with Gasteiger partial charge < -0.3 is 15.8 Å². The summed E-state index contributed by atoms with van der Waals surface area (Å²) in [5, 5.41) is 9.40. The SMILES string of the molecule is COc1ccc(C(F)(F)F)cc1NC(=O)Cn1cc(N)nn1. The van der Waals surface area contributed by atoms with Crippen molar-refractivity contribution in [3.05, 3.63) is 30.0 Å². The number of nitrogen functional groups attached to an aromatic ring is 1. The fraction of sp³-hybridized carbons (Fsp3) is 0.250. The lowest BCUT2D eigenvalue weighted by molar-refractivity contribution is -0.137. The minimum atomic E-state index is -4.52. The van der Waals surface area contributed by atoms with Gasteiger partial charge >= 0.3 is 6.18 Å². The maximum absolute atomic E-state index is 12.7. The van der Waals surface area contributed by atoms with Crippen LogP contribution in [-0.4, -0.2) is 28.0 Å². The number of amides is 1. The number of hydrogen-bond donors (Lipinski definition) is 2. The van der Waals surface area contributed by atoms with Gasteiger partial charge in [-0.2, -0.15) is 13.2 Å². The standard InChI is InChI=1S/C12H12F3N5O2/c1-22-9-3-2-7(12(13,14)15)4-8(9)17-11(21)6-20-5-10(16)18-19-20/h2-5H,6,16H2,1H3,(H,17,21). The van der Waals surface area contributed by atoms with Crippen molar-refractivity contribution in [3.63, 3.8) is 0 Å². The number of nitrogens with one attached hydrogen (secondary N) is 1. The van der Waals surface area contributed by atoms with E-state index in [0.29, 0.717) is 0 Å². The van der Waals surface area contributed by atoms with E-state index >= 15 is 0 Å². The maximum Gasteiger partial charge on any atom is 0.416 e. The van der Waals surface area contributed by atoms with Crippen molar-refractivity contribution in [3.8, 4) is 5.75 Å². The number of anilines is 2. The van der Waals surface area contributed by atoms with E-state index in [-0.39, 0.29) is 23.8 Å². The molecule has 0 bridgehead atoms. The van der Waals surface area contributed by atoms with Crippen LogP contribution in [0.5, 0.6) is 5.75 Å². The van der Waals surface area contributed by atoms with Gasteiger partial charge in [0.15, 0.2) is 5.82 Å². The fourth-order valence-electron chi connectivity index (χ4n) is 1.71. The predicted molar refractivity (Wildman–Crippen MR) is 71.1 cm³/mol. The number of nitrogens with two attached hydrogens (primary N) is 1. The third kappa shape index (κ3) is 3.65. The molecule has 7 nitrogen and oxygen atoms in total. The molecule has 0 radical (unpaired) electrons. The Balaban J connectivity index is 2.18. The molecule has 0 unspecified atom stereocenters. The zero-order chi connectivity index (χ0) is 16.3. The van der Waals surface area contributed by atoms with Crippen LogP contribution in [-0.2, 0) is 17.5 Å². The van der Waals surface area contributed by atoms with E-state index in [1.165, 1.54) is 13.3 Å². The first-order chi connectivity index (χ1) is 10.3. The molecule has 1 aromatic carbocycles. The summed E-state index contributed by atoms with van der Waals surface area (Å²) in [7, 11) is 1.29. The number of ether oxygens (including phenoxy) is 1. The summed E-state index contributed by atoms with van der Waals surface area (Å²) in [5.74, 6) is -0.355. The number of nitrogens with zero attached hydrogens (tertiary/aromatic N) is 3. The molecule has 0 aliphatic carbocycles. The molecule has 0 saturated carbocycles. The van der Waals surface area contributed by atoms with Crippen LogP contribution in [0.2, 0.25) is 0 Å². The van der Waals surface area contributed by atoms with Crippen LogP contribution in [0.3, 0.4) is 0 Å². The molecule has 0 saturated heterocycles. The number of alkyl halides is 3. The average molecular weight is 315 g/mol. The Morgan fingerprint density at radius 2 is 2.18 bits per heavy atom. The molecular weight excluding hydrogens is 303 g/mol. The molecule has 1 heterocycles. The van der Waals surface area contributed by atoms with Crippen LogP contribution in [0.1, 0.15) is 5.56 Å². The van der Waals surface area contributed by atoms with Crippen molar-refractivity contribution in [2.75, 3.05) is 18.2 Å². The van der Waals surface area contributed by atoms with Gasteiger partial charge in [0, 0.05) is 0 Å². The minimum absolute atomic E-state index is 0.0876. The van der Waals surface area contributed by atoms with E-state index in [9.17, 15) is 18.0 Å². The summed E-state index contributed by atoms with van der Waals surface area (Å²) < 4.78 is 44.2. The normalized spacial score (nSPS) is 11.3. The van der Waals surface area contributed by atoms with Crippen molar-refractivity contribution in [2.45, 2.75) is 12.7 Å². The summed E-state index contributed by atoms with van der Waals surface area (Å²) >= 11 is 0. The van der Waals surface area contributed by atoms with Gasteiger partial charge in [0.2, 0.25) is 5.91 Å². The summed E-state index contributed by atoms with van der Waals surface area (Å²) in [6.07, 6.45) is -3.20. The summed E-state index contributed by atoms with van der Waals surface area (Å²) in [6, 6.07) is 2.80. The monoisotopic (exact) mass is 315 g/mol. The first-order valence-corrected chi connectivity index (χ1v) is 6.00. The van der Waals surface area contributed by atoms with Gasteiger partial charge in [0.25, 0.3) is 0 Å². The van der Waals surface area contributed by atoms with Gasteiger partial charge in [-0.3, -0.25) is 4.79 Å². The molecular formula is C12H12F3N5O2. The Labute approximate surface area is 122 Å². The van der Waals surface area contributed by atoms with Crippen molar-refractivity contribution in [1.29, 1.82) is 0 Å². The van der Waals surface area contributed by atoms with Crippen molar-refractivity contribution in [1.82, 2.24) is 15.0 Å². The van der Waals surface area contributed by atoms with E-state index < -0.39 is 17.6 Å². The number of carbonyl (C=O) groups excluding carboxylic acids is 1. The highest BCUT2D eigenvalue weighted by Crippen LogP contribution is 2.34. The number of aromatic nitrogens is 3. The quantitative estimate of drug-likeness (QED) is 0.892. The van der Waals surface area contributed by atoms with Crippen LogP contribution in [0.4, 0.5) is 24.7 Å². The Bertz CT molecular complexity index is 684. The molecule has 118 valence electrons. The lowest BCUT2D eigenvalue weighted by Gasteiger charge is -2.13. The van der Waals surface area contributed by atoms with Gasteiger partial charge in [-0.25, -0.2) is 4.68 Å². The summed E-state index contributed by atoms with van der Waals surface area (Å²) in [5.41, 5.74) is 4.37. The Kier molecular flexibility index (Phi) is 4.20. The average Bonchev–Trinajstić information content (AvgIpc) is 2.82. The molecule has 22 heavy (non-hydrogen) atoms. The van der Waals surface area contributed by atoms with E-state index in [1.807, 2.05) is 0 Å². The highest BCUT2D eigenvalue weighted by Gasteiger charge is 2.31. The molecule has 3 N–H and O–H groups in total. The number of carbonyl (C=O) groups is 1. The van der Waals surface area contributed by atoms with Crippen LogP contribution in [0.25, 0.3) is 0 Å². The largest absolute Gasteiger partial charge is 0.495 e. The Hall–Kier alpha value is -2.78. The second-order valence-corrected chi connectivity index (χ2v) is 4.30. The minimum Gasteiger partial charge on any atom is -0.495 e. The molecule has 0 spiro atoms. The van der Waals surface area contributed by atoms with Gasteiger partial charge in [0.05, 0.1) is 24.6 Å². The second-order valence-electron chi connectivity index (χ2n) is 4.30. The number of rotatable bonds is 4. The van der Waals surface area contributed by atoms with Gasteiger partial charge in [-0.1, -0.05) is 5.21 Å². The molecule has 0 aliphatic heterocycles. The maximum atomic E-state index is 12.7. The third-order valence-electron chi connectivity index (χ3n) is 2.66. The van der Waals surface area contributed by atoms with Crippen LogP contribution >= 0.6 is 0 Å². The van der Waals surface area contributed by atoms with Crippen LogP contribution in [0, 0.1) is 0 Å². The van der Waals surface area contributed by atoms with Gasteiger partial charge in [-0.15, -0.1) is 5.10 Å². The topological polar surface area (TPSA) is 95.1 Å². The lowest BCUT2D eigenvalue weighted by Crippen LogP contribution is -2.20. The molecule has 1 amide bonds. The lowest BCUT2D eigenvalue weighted by atomic mass is 10.1. The molecule has 2 aromatic rings. The number of methoxy groups -OCH3 is 1. The number of hydrogen-bond acceptors (Lipinski definition) is 5. The zero-order valence-corrected chi connectivity index (χ0v) is 11.4. The summed E-state index contributed by atoms with van der Waals surface area (Å²) in [4.78, 5) is 11.8. The Morgan fingerprint density at radius 1 is 1.45 bits per heavy atom. The molecule has 0 fully saturated rings. The molecule has 2 rings (SSSR count). The molecule has 0 aliphatic rings.